The van der Waals surface area contributed by atoms with Crippen LogP contribution in [0.1, 0.15) is 31.9 Å². The number of aliphatic carboxylic acids is 1. The number of likely N-dealkylation sites (tertiary alicyclic amines) is 1. The van der Waals surface area contributed by atoms with Crippen LogP contribution in [0.15, 0.2) is 29.2 Å². The SMILES string of the molecule is CC(c1ccc(S(C)(=O)=O)cc1)N1CCC(C)(C(=O)O)C1. The molecule has 5 nitrogen and oxygen atoms in total. The van der Waals surface area contributed by atoms with Crippen molar-refractivity contribution in [1.29, 1.82) is 0 Å². The fourth-order valence-electron chi connectivity index (χ4n) is 2.71. The number of benzene rings is 1. The molecule has 21 heavy (non-hydrogen) atoms. The average Bonchev–Trinajstić information content (AvgIpc) is 2.81. The highest BCUT2D eigenvalue weighted by molar-refractivity contribution is 7.90. The second-order valence-electron chi connectivity index (χ2n) is 6.10. The number of sulfone groups is 1. The molecule has 2 atom stereocenters. The van der Waals surface area contributed by atoms with E-state index in [1.54, 1.807) is 31.2 Å². The van der Waals surface area contributed by atoms with Crippen LogP contribution in [0.5, 0.6) is 0 Å². The van der Waals surface area contributed by atoms with Gasteiger partial charge in [0.05, 0.1) is 10.3 Å². The maximum atomic E-state index is 11.5. The van der Waals surface area contributed by atoms with Gasteiger partial charge in [-0.1, -0.05) is 12.1 Å². The number of carboxylic acids is 1. The van der Waals surface area contributed by atoms with Gasteiger partial charge in [-0.05, 0) is 44.5 Å². The van der Waals surface area contributed by atoms with Crippen molar-refractivity contribution in [3.8, 4) is 0 Å². The lowest BCUT2D eigenvalue weighted by Gasteiger charge is -2.26. The number of nitrogens with zero attached hydrogens (tertiary/aromatic N) is 1. The Morgan fingerprint density at radius 3 is 2.33 bits per heavy atom. The number of carbonyl (C=O) groups is 1. The van der Waals surface area contributed by atoms with Gasteiger partial charge >= 0.3 is 5.97 Å². The molecule has 0 aliphatic carbocycles. The summed E-state index contributed by atoms with van der Waals surface area (Å²) in [4.78, 5) is 13.7. The van der Waals surface area contributed by atoms with Crippen LogP contribution in [0.2, 0.25) is 0 Å². The van der Waals surface area contributed by atoms with Crippen molar-refractivity contribution >= 4 is 15.8 Å². The van der Waals surface area contributed by atoms with E-state index in [1.165, 1.54) is 6.26 Å². The minimum atomic E-state index is -3.19. The molecule has 1 aliphatic rings. The predicted octanol–water partition coefficient (Wildman–Crippen LogP) is 1.95. The molecule has 1 fully saturated rings. The summed E-state index contributed by atoms with van der Waals surface area (Å²) in [6.45, 7) is 5.03. The summed E-state index contributed by atoms with van der Waals surface area (Å²) >= 11 is 0. The zero-order valence-electron chi connectivity index (χ0n) is 12.5. The van der Waals surface area contributed by atoms with E-state index in [4.69, 9.17) is 0 Å². The Labute approximate surface area is 125 Å². The standard InChI is InChI=1S/C15H21NO4S/c1-11(16-9-8-15(2,10-16)14(17)18)12-4-6-13(7-5-12)21(3,19)20/h4-7,11H,8-10H2,1-3H3,(H,17,18). The summed E-state index contributed by atoms with van der Waals surface area (Å²) in [5, 5.41) is 9.28. The fraction of sp³-hybridized carbons (Fsp3) is 0.533. The number of carboxylic acid groups (broad SMARTS) is 1. The zero-order chi connectivity index (χ0) is 15.8. The van der Waals surface area contributed by atoms with Gasteiger partial charge in [0.25, 0.3) is 0 Å². The third-order valence-electron chi connectivity index (χ3n) is 4.36. The van der Waals surface area contributed by atoms with E-state index in [2.05, 4.69) is 4.90 Å². The van der Waals surface area contributed by atoms with Crippen LogP contribution in [0.3, 0.4) is 0 Å². The first kappa shape index (κ1) is 16.0. The van der Waals surface area contributed by atoms with E-state index >= 15 is 0 Å². The minimum absolute atomic E-state index is 0.0692. The van der Waals surface area contributed by atoms with Crippen LogP contribution in [0.4, 0.5) is 0 Å². The van der Waals surface area contributed by atoms with Gasteiger partial charge in [-0.15, -0.1) is 0 Å². The van der Waals surface area contributed by atoms with Gasteiger partial charge in [-0.3, -0.25) is 9.69 Å². The molecule has 1 aromatic carbocycles. The van der Waals surface area contributed by atoms with E-state index in [0.717, 1.165) is 12.1 Å². The average molecular weight is 311 g/mol. The maximum Gasteiger partial charge on any atom is 0.310 e. The van der Waals surface area contributed by atoms with Crippen LogP contribution >= 0.6 is 0 Å². The lowest BCUT2D eigenvalue weighted by molar-refractivity contribution is -0.147. The number of hydrogen-bond donors (Lipinski definition) is 1. The summed E-state index contributed by atoms with van der Waals surface area (Å²) < 4.78 is 22.9. The molecule has 2 unspecified atom stereocenters. The largest absolute Gasteiger partial charge is 0.481 e. The molecule has 1 N–H and O–H groups in total. The molecular formula is C15H21NO4S. The normalized spacial score (nSPS) is 24.9. The molecule has 0 aromatic heterocycles. The van der Waals surface area contributed by atoms with Crippen LogP contribution in [-0.2, 0) is 14.6 Å². The highest BCUT2D eigenvalue weighted by atomic mass is 32.2. The first-order valence-electron chi connectivity index (χ1n) is 6.91. The molecule has 1 saturated heterocycles. The van der Waals surface area contributed by atoms with Gasteiger partial charge < -0.3 is 5.11 Å². The molecule has 2 rings (SSSR count). The van der Waals surface area contributed by atoms with Gasteiger partial charge in [0.1, 0.15) is 0 Å². The first-order chi connectivity index (χ1) is 9.63. The zero-order valence-corrected chi connectivity index (χ0v) is 13.4. The predicted molar refractivity (Wildman–Crippen MR) is 79.9 cm³/mol. The second kappa shape index (κ2) is 5.42. The Hall–Kier alpha value is -1.40. The van der Waals surface area contributed by atoms with Crippen molar-refractivity contribution in [3.63, 3.8) is 0 Å². The van der Waals surface area contributed by atoms with Crippen molar-refractivity contribution < 1.29 is 18.3 Å². The minimum Gasteiger partial charge on any atom is -0.481 e. The lowest BCUT2D eigenvalue weighted by Crippen LogP contribution is -2.32. The van der Waals surface area contributed by atoms with Gasteiger partial charge in [-0.2, -0.15) is 0 Å². The topological polar surface area (TPSA) is 74.7 Å². The Balaban J connectivity index is 2.15. The Kier molecular flexibility index (Phi) is 4.13. The maximum absolute atomic E-state index is 11.5. The molecule has 1 aromatic rings. The molecule has 1 aliphatic heterocycles. The van der Waals surface area contributed by atoms with Gasteiger partial charge in [0.15, 0.2) is 9.84 Å². The molecule has 0 radical (unpaired) electrons. The van der Waals surface area contributed by atoms with Gasteiger partial charge in [0, 0.05) is 18.8 Å². The molecule has 1 heterocycles. The molecule has 116 valence electrons. The molecular weight excluding hydrogens is 290 g/mol. The lowest BCUT2D eigenvalue weighted by atomic mass is 9.90. The van der Waals surface area contributed by atoms with E-state index < -0.39 is 21.2 Å². The highest BCUT2D eigenvalue weighted by Gasteiger charge is 2.41. The van der Waals surface area contributed by atoms with E-state index in [1.807, 2.05) is 6.92 Å². The Morgan fingerprint density at radius 2 is 1.90 bits per heavy atom. The summed E-state index contributed by atoms with van der Waals surface area (Å²) in [5.41, 5.74) is 0.304. The Bertz CT molecular complexity index is 638. The van der Waals surface area contributed by atoms with E-state index in [-0.39, 0.29) is 6.04 Å². The Morgan fingerprint density at radius 1 is 1.33 bits per heavy atom. The highest BCUT2D eigenvalue weighted by Crippen LogP contribution is 2.35. The van der Waals surface area contributed by atoms with Crippen molar-refractivity contribution in [1.82, 2.24) is 4.90 Å². The van der Waals surface area contributed by atoms with Gasteiger partial charge in [0.2, 0.25) is 0 Å². The third-order valence-corrected chi connectivity index (χ3v) is 5.49. The molecule has 0 amide bonds. The van der Waals surface area contributed by atoms with Crippen LogP contribution in [-0.4, -0.2) is 43.7 Å². The molecule has 0 saturated carbocycles. The third kappa shape index (κ3) is 3.27. The summed E-state index contributed by atoms with van der Waals surface area (Å²) in [7, 11) is -3.19. The second-order valence-corrected chi connectivity index (χ2v) is 8.12. The van der Waals surface area contributed by atoms with Gasteiger partial charge in [-0.25, -0.2) is 8.42 Å². The monoisotopic (exact) mass is 311 g/mol. The smallest absolute Gasteiger partial charge is 0.310 e. The van der Waals surface area contributed by atoms with Crippen molar-refractivity contribution in [2.24, 2.45) is 5.41 Å². The van der Waals surface area contributed by atoms with Crippen LogP contribution < -0.4 is 0 Å². The van der Waals surface area contributed by atoms with E-state index in [9.17, 15) is 18.3 Å². The number of hydrogen-bond acceptors (Lipinski definition) is 4. The first-order valence-corrected chi connectivity index (χ1v) is 8.80. The van der Waals surface area contributed by atoms with Crippen molar-refractivity contribution in [3.05, 3.63) is 29.8 Å². The quantitative estimate of drug-likeness (QED) is 0.920. The van der Waals surface area contributed by atoms with Crippen LogP contribution in [0, 0.1) is 5.41 Å². The van der Waals surface area contributed by atoms with E-state index in [0.29, 0.717) is 17.9 Å². The molecule has 0 bridgehead atoms. The number of rotatable bonds is 4. The molecule has 6 heteroatoms. The summed E-state index contributed by atoms with van der Waals surface area (Å²) in [5.74, 6) is -0.760. The van der Waals surface area contributed by atoms with Crippen molar-refractivity contribution in [2.75, 3.05) is 19.3 Å². The van der Waals surface area contributed by atoms with Crippen molar-refractivity contribution in [2.45, 2.75) is 31.2 Å². The fourth-order valence-corrected chi connectivity index (χ4v) is 3.34. The summed E-state index contributed by atoms with van der Waals surface area (Å²) in [6, 6.07) is 6.88. The summed E-state index contributed by atoms with van der Waals surface area (Å²) in [6.07, 6.45) is 1.82. The molecule has 0 spiro atoms. The van der Waals surface area contributed by atoms with Crippen LogP contribution in [0.25, 0.3) is 0 Å².